The first-order valence-corrected chi connectivity index (χ1v) is 22.4. The average Bonchev–Trinajstić information content (AvgIpc) is 3.95. The molecule has 14 nitrogen and oxygen atoms in total. The van der Waals surface area contributed by atoms with E-state index in [9.17, 15) is 33.4 Å². The number of hydrazine groups is 1. The topological polar surface area (TPSA) is 140 Å². The molecule has 4 bridgehead atoms. The molecular weight excluding hydrogens is 905 g/mol. The minimum atomic E-state index is -1.47. The standard InChI is InChI=1S/C46H38F4N6O8S2/c1-25-18-33(65-21-25)37-27-6-8-29(47)35(49)42(27)62-17-5-3-13-52-24-56(37)54-15-11-32(58)44(40(54)46(52)61)64-20-26-19-34(66-22-26)38-28-7-9-30(48)36(50)43(28)63-16-4-2-12-51-23-55(38)53-14-10-31(57)41(59)39(53)45(51)60/h2-11,14-15,18-19,21-22,31,37-38,57,59H,12-13,16-17,20,23-24H2,1H3/b4-2-,5-3-/t31?,37-,38+/m0/s1. The van der Waals surface area contributed by atoms with Crippen molar-refractivity contribution in [1.82, 2.24) is 24.5 Å². The van der Waals surface area contributed by atoms with Gasteiger partial charge >= 0.3 is 0 Å². The second-order valence-electron chi connectivity index (χ2n) is 15.9. The highest BCUT2D eigenvalue weighted by molar-refractivity contribution is 7.10. The Balaban J connectivity index is 1.05. The highest BCUT2D eigenvalue weighted by atomic mass is 32.1. The van der Waals surface area contributed by atoms with E-state index in [1.54, 1.807) is 45.8 Å². The average molecular weight is 943 g/mol. The first-order valence-electron chi connectivity index (χ1n) is 20.6. The van der Waals surface area contributed by atoms with Gasteiger partial charge in [-0.2, -0.15) is 13.8 Å². The van der Waals surface area contributed by atoms with Crippen LogP contribution >= 0.6 is 22.7 Å². The predicted octanol–water partition coefficient (Wildman–Crippen LogP) is 6.52. The number of aliphatic hydroxyl groups is 2. The molecule has 5 aliphatic heterocycles. The maximum Gasteiger partial charge on any atom is 0.278 e. The van der Waals surface area contributed by atoms with E-state index in [-0.39, 0.29) is 86.0 Å². The summed E-state index contributed by atoms with van der Waals surface area (Å²) < 4.78 is 80.6. The van der Waals surface area contributed by atoms with Gasteiger partial charge in [0.1, 0.15) is 38.6 Å². The van der Waals surface area contributed by atoms with E-state index in [4.69, 9.17) is 14.2 Å². The quantitative estimate of drug-likeness (QED) is 0.147. The van der Waals surface area contributed by atoms with Crippen molar-refractivity contribution < 1.29 is 51.6 Å². The van der Waals surface area contributed by atoms with Crippen LogP contribution in [0.15, 0.2) is 112 Å². The number of carbonyl (C=O) groups is 2. The summed E-state index contributed by atoms with van der Waals surface area (Å²) in [5, 5.41) is 30.0. The van der Waals surface area contributed by atoms with Crippen LogP contribution < -0.4 is 24.6 Å². The summed E-state index contributed by atoms with van der Waals surface area (Å²) in [6, 6.07) is 7.84. The molecule has 1 saturated heterocycles. The third-order valence-electron chi connectivity index (χ3n) is 11.7. The van der Waals surface area contributed by atoms with Crippen LogP contribution in [0.25, 0.3) is 0 Å². The normalized spacial score (nSPS) is 22.5. The Morgan fingerprint density at radius 3 is 2.03 bits per heavy atom. The molecule has 2 unspecified atom stereocenters. The second kappa shape index (κ2) is 17.2. The minimum Gasteiger partial charge on any atom is -0.507 e. The molecule has 5 aromatic rings. The largest absolute Gasteiger partial charge is 0.507 e. The van der Waals surface area contributed by atoms with E-state index >= 15 is 8.78 Å². The Morgan fingerprint density at radius 1 is 0.773 bits per heavy atom. The Labute approximate surface area is 381 Å². The summed E-state index contributed by atoms with van der Waals surface area (Å²) in [6.07, 6.45) is 9.09. The highest BCUT2D eigenvalue weighted by Gasteiger charge is 2.45. The number of ether oxygens (including phenoxy) is 3. The smallest absolute Gasteiger partial charge is 0.278 e. The molecule has 340 valence electrons. The third-order valence-corrected chi connectivity index (χ3v) is 13.8. The number of pyridine rings is 1. The fourth-order valence-corrected chi connectivity index (χ4v) is 10.6. The maximum absolute atomic E-state index is 15.8. The number of hydrogen-bond donors (Lipinski definition) is 2. The van der Waals surface area contributed by atoms with Crippen LogP contribution in [-0.2, 0) is 11.4 Å². The fourth-order valence-electron chi connectivity index (χ4n) is 8.58. The van der Waals surface area contributed by atoms with Crippen molar-refractivity contribution >= 4 is 34.5 Å². The van der Waals surface area contributed by atoms with Crippen LogP contribution in [0.5, 0.6) is 17.2 Å². The molecule has 8 heterocycles. The molecule has 20 heteroatoms. The van der Waals surface area contributed by atoms with Crippen LogP contribution in [0.4, 0.5) is 17.6 Å². The number of benzene rings is 2. The molecule has 1 fully saturated rings. The van der Waals surface area contributed by atoms with Crippen molar-refractivity contribution in [3.8, 4) is 17.2 Å². The molecule has 0 spiro atoms. The van der Waals surface area contributed by atoms with Crippen molar-refractivity contribution in [3.63, 3.8) is 0 Å². The molecule has 10 rings (SSSR count). The first-order chi connectivity index (χ1) is 31.9. The summed E-state index contributed by atoms with van der Waals surface area (Å²) in [5.41, 5.74) is 0.932. The molecule has 2 N–H and O–H groups in total. The van der Waals surface area contributed by atoms with Crippen LogP contribution in [0.2, 0.25) is 0 Å². The predicted molar refractivity (Wildman–Crippen MR) is 233 cm³/mol. The zero-order valence-corrected chi connectivity index (χ0v) is 36.4. The summed E-state index contributed by atoms with van der Waals surface area (Å²) in [6.45, 7) is 1.37. The van der Waals surface area contributed by atoms with Gasteiger partial charge in [0.2, 0.25) is 17.1 Å². The highest BCUT2D eigenvalue weighted by Crippen LogP contribution is 2.45. The molecule has 5 aliphatic rings. The lowest BCUT2D eigenvalue weighted by Gasteiger charge is -2.48. The summed E-state index contributed by atoms with van der Waals surface area (Å²) >= 11 is 2.59. The molecule has 3 aromatic heterocycles. The van der Waals surface area contributed by atoms with Crippen molar-refractivity contribution in [2.75, 3.05) is 44.6 Å². The number of amides is 2. The number of thiophene rings is 2. The van der Waals surface area contributed by atoms with Crippen LogP contribution in [0, 0.1) is 30.2 Å². The van der Waals surface area contributed by atoms with Gasteiger partial charge in [-0.05, 0) is 71.8 Å². The van der Waals surface area contributed by atoms with Gasteiger partial charge in [0.15, 0.2) is 46.0 Å². The number of hydrogen-bond acceptors (Lipinski definition) is 13. The first kappa shape index (κ1) is 43.0. The van der Waals surface area contributed by atoms with Crippen molar-refractivity contribution in [2.45, 2.75) is 31.7 Å². The molecule has 4 atom stereocenters. The van der Waals surface area contributed by atoms with Gasteiger partial charge < -0.3 is 34.2 Å². The van der Waals surface area contributed by atoms with Gasteiger partial charge in [-0.15, -0.1) is 22.7 Å². The number of rotatable bonds is 5. The molecule has 66 heavy (non-hydrogen) atoms. The lowest BCUT2D eigenvalue weighted by molar-refractivity contribution is -0.148. The molecule has 0 saturated carbocycles. The second-order valence-corrected chi connectivity index (χ2v) is 17.8. The number of nitrogens with zero attached hydrogens (tertiary/aromatic N) is 6. The number of aryl methyl sites for hydroxylation is 1. The lowest BCUT2D eigenvalue weighted by Crippen LogP contribution is -2.58. The van der Waals surface area contributed by atoms with Crippen molar-refractivity contribution in [3.05, 3.63) is 179 Å². The molecule has 2 aromatic carbocycles. The third kappa shape index (κ3) is 7.38. The summed E-state index contributed by atoms with van der Waals surface area (Å²) in [4.78, 5) is 46.3. The minimum absolute atomic E-state index is 0.0288. The zero-order valence-electron chi connectivity index (χ0n) is 34.8. The maximum atomic E-state index is 15.8. The van der Waals surface area contributed by atoms with Gasteiger partial charge in [0.25, 0.3) is 11.8 Å². The Hall–Kier alpha value is -6.87. The SMILES string of the molecule is Cc1csc([C@@H]2c3ccc(F)c(F)c3OC/C=C\CN3CN2n2ccc(=O)c(OCc4csc([C@H]5c6ccc(F)c(F)c6OC/C=C\CN6CN5N5C=CC(O)C(O)=C5C6=O)c4)c2C3=O)c1. The van der Waals surface area contributed by atoms with E-state index in [2.05, 4.69) is 0 Å². The van der Waals surface area contributed by atoms with Gasteiger partial charge in [0, 0.05) is 58.0 Å². The number of carbonyl (C=O) groups excluding carboxylic acids is 2. The molecule has 0 aliphatic carbocycles. The van der Waals surface area contributed by atoms with E-state index in [0.29, 0.717) is 10.4 Å². The Bertz CT molecular complexity index is 2980. The van der Waals surface area contributed by atoms with Crippen LogP contribution in [0.3, 0.4) is 0 Å². The molecular formula is C46H38F4N6O8S2. The van der Waals surface area contributed by atoms with Gasteiger partial charge in [-0.25, -0.2) is 8.78 Å². The van der Waals surface area contributed by atoms with Gasteiger partial charge in [-0.1, -0.05) is 18.2 Å². The number of fused-ring (bicyclic) bond motifs is 10. The van der Waals surface area contributed by atoms with Gasteiger partial charge in [0.05, 0.1) is 12.7 Å². The number of halogens is 4. The fraction of sp³-hybridized carbons (Fsp3) is 0.239. The van der Waals surface area contributed by atoms with E-state index in [1.165, 1.54) is 78.8 Å². The van der Waals surface area contributed by atoms with Gasteiger partial charge in [-0.3, -0.25) is 29.1 Å². The number of aromatic nitrogens is 1. The summed E-state index contributed by atoms with van der Waals surface area (Å²) in [5.74, 6) is -7.30. The van der Waals surface area contributed by atoms with Crippen LogP contribution in [-0.4, -0.2) is 92.3 Å². The van der Waals surface area contributed by atoms with Crippen molar-refractivity contribution in [2.24, 2.45) is 0 Å². The Kier molecular flexibility index (Phi) is 11.2. The van der Waals surface area contributed by atoms with E-state index in [0.717, 1.165) is 22.6 Å². The monoisotopic (exact) mass is 942 g/mol. The number of aliphatic hydroxyl groups excluding tert-OH is 2. The lowest BCUT2D eigenvalue weighted by atomic mass is 10.0. The molecule has 0 radical (unpaired) electrons. The van der Waals surface area contributed by atoms with E-state index in [1.807, 2.05) is 18.4 Å². The van der Waals surface area contributed by atoms with Crippen molar-refractivity contribution in [1.29, 1.82) is 0 Å². The van der Waals surface area contributed by atoms with E-state index < -0.39 is 64.5 Å². The zero-order chi connectivity index (χ0) is 46.0. The Morgan fingerprint density at radius 2 is 1.38 bits per heavy atom. The van der Waals surface area contributed by atoms with Crippen LogP contribution in [0.1, 0.15) is 54.6 Å². The molecule has 2 amide bonds. The summed E-state index contributed by atoms with van der Waals surface area (Å²) in [7, 11) is 0.